The lowest BCUT2D eigenvalue weighted by molar-refractivity contribution is 0.414. The molecule has 0 aliphatic heterocycles. The van der Waals surface area contributed by atoms with E-state index in [1.165, 1.54) is 16.0 Å². The molecular weight excluding hydrogens is 346 g/mol. The van der Waals surface area contributed by atoms with Crippen molar-refractivity contribution in [3.8, 4) is 5.75 Å². The molecule has 0 fully saturated rings. The van der Waals surface area contributed by atoms with Crippen LogP contribution in [-0.4, -0.2) is 13.7 Å². The summed E-state index contributed by atoms with van der Waals surface area (Å²) in [6, 6.07) is 14.8. The van der Waals surface area contributed by atoms with Crippen molar-refractivity contribution < 1.29 is 4.74 Å². The highest BCUT2D eigenvalue weighted by molar-refractivity contribution is 9.10. The summed E-state index contributed by atoms with van der Waals surface area (Å²) in [4.78, 5) is 1.29. The molecule has 0 heterocycles. The fraction of sp³-hybridized carbons (Fsp3) is 0.294. The van der Waals surface area contributed by atoms with E-state index in [-0.39, 0.29) is 0 Å². The second-order valence-corrected chi connectivity index (χ2v) is 6.58. The fourth-order valence-electron chi connectivity index (χ4n) is 1.96. The van der Waals surface area contributed by atoms with Crippen LogP contribution >= 0.6 is 27.7 Å². The molecule has 2 aromatic rings. The lowest BCUT2D eigenvalue weighted by atomic mass is 10.2. The lowest BCUT2D eigenvalue weighted by Gasteiger charge is -2.08. The third-order valence-corrected chi connectivity index (χ3v) is 4.94. The third kappa shape index (κ3) is 5.06. The summed E-state index contributed by atoms with van der Waals surface area (Å²) in [6.45, 7) is 4.04. The van der Waals surface area contributed by atoms with Gasteiger partial charge in [0.15, 0.2) is 0 Å². The maximum absolute atomic E-state index is 5.29. The molecule has 0 atom stereocenters. The largest absolute Gasteiger partial charge is 0.497 e. The summed E-state index contributed by atoms with van der Waals surface area (Å²) in [5.41, 5.74) is 2.57. The Morgan fingerprint density at radius 3 is 2.81 bits per heavy atom. The molecule has 0 unspecified atom stereocenters. The Balaban J connectivity index is 2.02. The van der Waals surface area contributed by atoms with Gasteiger partial charge in [0.1, 0.15) is 5.75 Å². The average Bonchev–Trinajstić information content (AvgIpc) is 2.52. The minimum Gasteiger partial charge on any atom is -0.497 e. The molecule has 2 nitrogen and oxygen atoms in total. The van der Waals surface area contributed by atoms with Gasteiger partial charge in [-0.05, 0) is 48.0 Å². The Bertz CT molecular complexity index is 589. The van der Waals surface area contributed by atoms with E-state index in [0.717, 1.165) is 29.1 Å². The SMILES string of the molecule is CCNCc1cccc(SCc2cc(OC)ccc2Br)c1. The topological polar surface area (TPSA) is 21.3 Å². The Morgan fingerprint density at radius 1 is 1.19 bits per heavy atom. The van der Waals surface area contributed by atoms with Crippen LogP contribution in [0.15, 0.2) is 51.8 Å². The Labute approximate surface area is 139 Å². The number of methoxy groups -OCH3 is 1. The number of benzene rings is 2. The zero-order valence-electron chi connectivity index (χ0n) is 12.4. The number of hydrogen-bond acceptors (Lipinski definition) is 3. The van der Waals surface area contributed by atoms with Crippen molar-refractivity contribution in [3.05, 3.63) is 58.1 Å². The van der Waals surface area contributed by atoms with Crippen LogP contribution < -0.4 is 10.1 Å². The standard InChI is InChI=1S/C17H20BrNOS/c1-3-19-11-13-5-4-6-16(9-13)21-12-14-10-15(20-2)7-8-17(14)18/h4-10,19H,3,11-12H2,1-2H3. The molecule has 112 valence electrons. The molecule has 0 aliphatic carbocycles. The van der Waals surface area contributed by atoms with Crippen LogP contribution in [0.25, 0.3) is 0 Å². The molecule has 2 aromatic carbocycles. The molecular formula is C17H20BrNOS. The molecule has 0 radical (unpaired) electrons. The second-order valence-electron chi connectivity index (χ2n) is 4.67. The zero-order chi connectivity index (χ0) is 15.1. The average molecular weight is 366 g/mol. The number of nitrogens with one attached hydrogen (secondary N) is 1. The second kappa shape index (κ2) is 8.47. The predicted octanol–water partition coefficient (Wildman–Crippen LogP) is 4.86. The smallest absolute Gasteiger partial charge is 0.119 e. The normalized spacial score (nSPS) is 10.6. The van der Waals surface area contributed by atoms with Gasteiger partial charge >= 0.3 is 0 Å². The summed E-state index contributed by atoms with van der Waals surface area (Å²) in [7, 11) is 1.70. The first kappa shape index (κ1) is 16.4. The van der Waals surface area contributed by atoms with E-state index < -0.39 is 0 Å². The van der Waals surface area contributed by atoms with Crippen molar-refractivity contribution >= 4 is 27.7 Å². The fourth-order valence-corrected chi connectivity index (χ4v) is 3.51. The van der Waals surface area contributed by atoms with Gasteiger partial charge in [0.05, 0.1) is 7.11 Å². The van der Waals surface area contributed by atoms with Crippen LogP contribution in [0.5, 0.6) is 5.75 Å². The molecule has 1 N–H and O–H groups in total. The van der Waals surface area contributed by atoms with Gasteiger partial charge in [-0.1, -0.05) is 35.0 Å². The number of thioether (sulfide) groups is 1. The first-order valence-electron chi connectivity index (χ1n) is 6.97. The van der Waals surface area contributed by atoms with E-state index in [1.807, 2.05) is 23.9 Å². The van der Waals surface area contributed by atoms with Crippen molar-refractivity contribution in [1.29, 1.82) is 0 Å². The Hall–Kier alpha value is -0.970. The number of hydrogen-bond donors (Lipinski definition) is 1. The first-order valence-corrected chi connectivity index (χ1v) is 8.75. The van der Waals surface area contributed by atoms with Gasteiger partial charge in [0.25, 0.3) is 0 Å². The summed E-state index contributed by atoms with van der Waals surface area (Å²) < 4.78 is 6.41. The van der Waals surface area contributed by atoms with E-state index in [4.69, 9.17) is 4.74 Å². The summed E-state index contributed by atoms with van der Waals surface area (Å²) in [6.07, 6.45) is 0. The monoisotopic (exact) mass is 365 g/mol. The number of halogens is 1. The molecule has 0 bridgehead atoms. The number of ether oxygens (including phenoxy) is 1. The Kier molecular flexibility index (Phi) is 6.61. The van der Waals surface area contributed by atoms with Crippen molar-refractivity contribution in [2.75, 3.05) is 13.7 Å². The van der Waals surface area contributed by atoms with Crippen LogP contribution in [-0.2, 0) is 12.3 Å². The maximum atomic E-state index is 5.29. The van der Waals surface area contributed by atoms with E-state index in [1.54, 1.807) is 7.11 Å². The highest BCUT2D eigenvalue weighted by atomic mass is 79.9. The van der Waals surface area contributed by atoms with Crippen molar-refractivity contribution in [2.24, 2.45) is 0 Å². The van der Waals surface area contributed by atoms with Gasteiger partial charge in [0.2, 0.25) is 0 Å². The molecule has 0 saturated carbocycles. The van der Waals surface area contributed by atoms with Gasteiger partial charge in [-0.3, -0.25) is 0 Å². The first-order chi connectivity index (χ1) is 10.2. The molecule has 4 heteroatoms. The molecule has 0 aliphatic rings. The van der Waals surface area contributed by atoms with Crippen molar-refractivity contribution in [3.63, 3.8) is 0 Å². The Morgan fingerprint density at radius 2 is 2.05 bits per heavy atom. The van der Waals surface area contributed by atoms with Crippen LogP contribution in [0, 0.1) is 0 Å². The van der Waals surface area contributed by atoms with E-state index in [9.17, 15) is 0 Å². The van der Waals surface area contributed by atoms with Crippen molar-refractivity contribution in [1.82, 2.24) is 5.32 Å². The molecule has 0 spiro atoms. The third-order valence-electron chi connectivity index (χ3n) is 3.12. The molecule has 2 rings (SSSR count). The molecule has 0 aromatic heterocycles. The maximum Gasteiger partial charge on any atom is 0.119 e. The molecule has 0 amide bonds. The van der Waals surface area contributed by atoms with Crippen molar-refractivity contribution in [2.45, 2.75) is 24.1 Å². The van der Waals surface area contributed by atoms with Gasteiger partial charge in [0, 0.05) is 21.7 Å². The zero-order valence-corrected chi connectivity index (χ0v) is 14.8. The summed E-state index contributed by atoms with van der Waals surface area (Å²) >= 11 is 5.44. The minimum atomic E-state index is 0.898. The van der Waals surface area contributed by atoms with Crippen LogP contribution in [0.2, 0.25) is 0 Å². The van der Waals surface area contributed by atoms with Gasteiger partial charge in [-0.15, -0.1) is 11.8 Å². The van der Waals surface area contributed by atoms with E-state index in [0.29, 0.717) is 0 Å². The van der Waals surface area contributed by atoms with Gasteiger partial charge in [-0.2, -0.15) is 0 Å². The lowest BCUT2D eigenvalue weighted by Crippen LogP contribution is -2.11. The highest BCUT2D eigenvalue weighted by Crippen LogP contribution is 2.29. The van der Waals surface area contributed by atoms with Crippen LogP contribution in [0.3, 0.4) is 0 Å². The molecule has 0 saturated heterocycles. The quantitative estimate of drug-likeness (QED) is 0.707. The highest BCUT2D eigenvalue weighted by Gasteiger charge is 2.04. The minimum absolute atomic E-state index is 0.898. The van der Waals surface area contributed by atoms with Crippen LogP contribution in [0.4, 0.5) is 0 Å². The summed E-state index contributed by atoms with van der Waals surface area (Å²) in [5.74, 6) is 1.82. The van der Waals surface area contributed by atoms with E-state index >= 15 is 0 Å². The van der Waals surface area contributed by atoms with Gasteiger partial charge < -0.3 is 10.1 Å². The van der Waals surface area contributed by atoms with Crippen LogP contribution in [0.1, 0.15) is 18.1 Å². The van der Waals surface area contributed by atoms with E-state index in [2.05, 4.69) is 58.5 Å². The predicted molar refractivity (Wildman–Crippen MR) is 94.1 cm³/mol. The van der Waals surface area contributed by atoms with Gasteiger partial charge in [-0.25, -0.2) is 0 Å². The number of rotatable bonds is 7. The molecule has 21 heavy (non-hydrogen) atoms. The summed E-state index contributed by atoms with van der Waals surface area (Å²) in [5, 5.41) is 3.36.